The maximum absolute atomic E-state index is 12.9. The van der Waals surface area contributed by atoms with Gasteiger partial charge in [-0.25, -0.2) is 4.98 Å². The molecule has 3 heterocycles. The number of carbonyl (C=O) groups is 1. The van der Waals surface area contributed by atoms with Gasteiger partial charge in [0.25, 0.3) is 5.91 Å². The molecule has 1 fully saturated rings. The molecule has 0 unspecified atom stereocenters. The molecule has 0 aliphatic carbocycles. The molecule has 27 heavy (non-hydrogen) atoms. The lowest BCUT2D eigenvalue weighted by molar-refractivity contribution is 0.102. The van der Waals surface area contributed by atoms with Gasteiger partial charge in [0.2, 0.25) is 0 Å². The highest BCUT2D eigenvalue weighted by atomic mass is 16.5. The lowest BCUT2D eigenvalue weighted by atomic mass is 10.1. The summed E-state index contributed by atoms with van der Waals surface area (Å²) in [5.41, 5.74) is 3.82. The number of piperidine rings is 1. The molecule has 0 spiro atoms. The van der Waals surface area contributed by atoms with Crippen LogP contribution in [0.1, 0.15) is 35.4 Å². The molecular formula is C21H24N4O2. The van der Waals surface area contributed by atoms with Gasteiger partial charge in [-0.05, 0) is 62.6 Å². The predicted octanol–water partition coefficient (Wildman–Crippen LogP) is 3.89. The summed E-state index contributed by atoms with van der Waals surface area (Å²) in [5, 5.41) is 2.99. The SMILES string of the molecule is COc1cccn2c(C(=O)Nc3ccc(N4CCCCC4)cc3)c(C)nc12. The standard InChI is InChI=1S/C21H24N4O2/c1-15-19(25-14-6-7-18(27-2)20(25)22-15)21(26)23-16-8-10-17(11-9-16)24-12-4-3-5-13-24/h6-11,14H,3-5,12-13H2,1-2H3,(H,23,26). The van der Waals surface area contributed by atoms with Crippen molar-refractivity contribution in [1.29, 1.82) is 0 Å². The maximum Gasteiger partial charge on any atom is 0.274 e. The molecule has 1 N–H and O–H groups in total. The fraction of sp³-hybridized carbons (Fsp3) is 0.333. The van der Waals surface area contributed by atoms with E-state index in [9.17, 15) is 4.79 Å². The minimum atomic E-state index is -0.182. The number of hydrogen-bond donors (Lipinski definition) is 1. The number of carbonyl (C=O) groups excluding carboxylic acids is 1. The summed E-state index contributed by atoms with van der Waals surface area (Å²) in [6.45, 7) is 4.05. The molecule has 0 saturated carbocycles. The van der Waals surface area contributed by atoms with Crippen LogP contribution in [-0.4, -0.2) is 35.5 Å². The summed E-state index contributed by atoms with van der Waals surface area (Å²) >= 11 is 0. The topological polar surface area (TPSA) is 58.9 Å². The Labute approximate surface area is 158 Å². The second kappa shape index (κ2) is 7.31. The normalized spacial score (nSPS) is 14.4. The van der Waals surface area contributed by atoms with Gasteiger partial charge in [-0.3, -0.25) is 9.20 Å². The van der Waals surface area contributed by atoms with Crippen LogP contribution in [0.5, 0.6) is 5.75 Å². The molecule has 0 bridgehead atoms. The average molecular weight is 364 g/mol. The van der Waals surface area contributed by atoms with Crippen molar-refractivity contribution in [2.75, 3.05) is 30.4 Å². The molecule has 0 radical (unpaired) electrons. The molecule has 3 aromatic rings. The van der Waals surface area contributed by atoms with E-state index in [2.05, 4.69) is 27.3 Å². The van der Waals surface area contributed by atoms with Gasteiger partial charge >= 0.3 is 0 Å². The number of nitrogens with zero attached hydrogens (tertiary/aromatic N) is 3. The number of benzene rings is 1. The first-order chi connectivity index (χ1) is 13.2. The number of amides is 1. The molecule has 1 saturated heterocycles. The van der Waals surface area contributed by atoms with Crippen molar-refractivity contribution in [3.63, 3.8) is 0 Å². The summed E-state index contributed by atoms with van der Waals surface area (Å²) in [5.74, 6) is 0.463. The van der Waals surface area contributed by atoms with Crippen LogP contribution in [0.2, 0.25) is 0 Å². The van der Waals surface area contributed by atoms with E-state index in [1.165, 1.54) is 24.9 Å². The number of imidazole rings is 1. The predicted molar refractivity (Wildman–Crippen MR) is 107 cm³/mol. The number of pyridine rings is 1. The van der Waals surface area contributed by atoms with Gasteiger partial charge in [0, 0.05) is 30.7 Å². The molecule has 6 heteroatoms. The molecule has 1 aliphatic rings. The lowest BCUT2D eigenvalue weighted by Gasteiger charge is -2.28. The molecule has 1 aromatic carbocycles. The number of methoxy groups -OCH3 is 1. The number of fused-ring (bicyclic) bond motifs is 1. The highest BCUT2D eigenvalue weighted by Gasteiger charge is 2.19. The molecule has 1 amide bonds. The molecule has 1 aliphatic heterocycles. The number of rotatable bonds is 4. The van der Waals surface area contributed by atoms with E-state index < -0.39 is 0 Å². The fourth-order valence-corrected chi connectivity index (χ4v) is 3.69. The van der Waals surface area contributed by atoms with Crippen LogP contribution in [0.4, 0.5) is 11.4 Å². The molecule has 0 atom stereocenters. The van der Waals surface area contributed by atoms with Gasteiger partial charge in [-0.15, -0.1) is 0 Å². The van der Waals surface area contributed by atoms with Crippen molar-refractivity contribution >= 4 is 22.9 Å². The smallest absolute Gasteiger partial charge is 0.274 e. The Bertz CT molecular complexity index is 956. The number of anilines is 2. The van der Waals surface area contributed by atoms with Crippen LogP contribution in [0, 0.1) is 6.92 Å². The molecular weight excluding hydrogens is 340 g/mol. The first-order valence-corrected chi connectivity index (χ1v) is 9.35. The van der Waals surface area contributed by atoms with Crippen LogP contribution in [-0.2, 0) is 0 Å². The van der Waals surface area contributed by atoms with Crippen LogP contribution in [0.25, 0.3) is 5.65 Å². The van der Waals surface area contributed by atoms with Crippen LogP contribution in [0.3, 0.4) is 0 Å². The first-order valence-electron chi connectivity index (χ1n) is 9.35. The van der Waals surface area contributed by atoms with Crippen LogP contribution in [0.15, 0.2) is 42.6 Å². The van der Waals surface area contributed by atoms with Crippen molar-refractivity contribution in [1.82, 2.24) is 9.38 Å². The van der Waals surface area contributed by atoms with Gasteiger partial charge in [-0.1, -0.05) is 0 Å². The highest BCUT2D eigenvalue weighted by molar-refractivity contribution is 6.04. The van der Waals surface area contributed by atoms with Gasteiger partial charge in [0.15, 0.2) is 11.4 Å². The largest absolute Gasteiger partial charge is 0.493 e. The van der Waals surface area contributed by atoms with E-state index in [-0.39, 0.29) is 5.91 Å². The number of aromatic nitrogens is 2. The van der Waals surface area contributed by atoms with E-state index in [4.69, 9.17) is 4.74 Å². The summed E-state index contributed by atoms with van der Waals surface area (Å²) in [6.07, 6.45) is 5.63. The third-order valence-electron chi connectivity index (χ3n) is 5.07. The quantitative estimate of drug-likeness (QED) is 0.763. The third kappa shape index (κ3) is 3.35. The molecule has 6 nitrogen and oxygen atoms in total. The van der Waals surface area contributed by atoms with Crippen molar-refractivity contribution in [2.24, 2.45) is 0 Å². The zero-order valence-electron chi connectivity index (χ0n) is 15.7. The van der Waals surface area contributed by atoms with Crippen molar-refractivity contribution in [3.05, 3.63) is 54.0 Å². The van der Waals surface area contributed by atoms with Crippen LogP contribution < -0.4 is 15.0 Å². The minimum Gasteiger partial charge on any atom is -0.493 e. The van der Waals surface area contributed by atoms with Crippen molar-refractivity contribution in [3.8, 4) is 5.75 Å². The molecule has 2 aromatic heterocycles. The van der Waals surface area contributed by atoms with Gasteiger partial charge < -0.3 is 15.0 Å². The van der Waals surface area contributed by atoms with E-state index in [0.717, 1.165) is 18.8 Å². The Morgan fingerprint density at radius 1 is 1.11 bits per heavy atom. The number of hydrogen-bond acceptors (Lipinski definition) is 4. The Hall–Kier alpha value is -3.02. The highest BCUT2D eigenvalue weighted by Crippen LogP contribution is 2.24. The Morgan fingerprint density at radius 2 is 1.85 bits per heavy atom. The van der Waals surface area contributed by atoms with E-state index >= 15 is 0 Å². The van der Waals surface area contributed by atoms with Crippen molar-refractivity contribution < 1.29 is 9.53 Å². The van der Waals surface area contributed by atoms with E-state index in [1.807, 2.05) is 37.4 Å². The minimum absolute atomic E-state index is 0.182. The third-order valence-corrected chi connectivity index (χ3v) is 5.07. The monoisotopic (exact) mass is 364 g/mol. The maximum atomic E-state index is 12.9. The number of nitrogens with one attached hydrogen (secondary N) is 1. The average Bonchev–Trinajstić information content (AvgIpc) is 3.05. The molecule has 4 rings (SSSR count). The second-order valence-corrected chi connectivity index (χ2v) is 6.86. The Morgan fingerprint density at radius 3 is 2.56 bits per heavy atom. The molecule has 140 valence electrons. The van der Waals surface area contributed by atoms with E-state index in [0.29, 0.717) is 22.8 Å². The zero-order chi connectivity index (χ0) is 18.8. The zero-order valence-corrected chi connectivity index (χ0v) is 15.7. The number of aryl methyl sites for hydroxylation is 1. The van der Waals surface area contributed by atoms with Gasteiger partial charge in [0.1, 0.15) is 5.69 Å². The number of ether oxygens (including phenoxy) is 1. The summed E-state index contributed by atoms with van der Waals surface area (Å²) in [6, 6.07) is 11.7. The Kier molecular flexibility index (Phi) is 4.71. The van der Waals surface area contributed by atoms with Crippen molar-refractivity contribution in [2.45, 2.75) is 26.2 Å². The Balaban J connectivity index is 1.56. The summed E-state index contributed by atoms with van der Waals surface area (Å²) in [7, 11) is 1.60. The van der Waals surface area contributed by atoms with Gasteiger partial charge in [0.05, 0.1) is 12.8 Å². The lowest BCUT2D eigenvalue weighted by Crippen LogP contribution is -2.29. The second-order valence-electron chi connectivity index (χ2n) is 6.86. The van der Waals surface area contributed by atoms with Crippen LogP contribution >= 0.6 is 0 Å². The fourth-order valence-electron chi connectivity index (χ4n) is 3.69. The van der Waals surface area contributed by atoms with Gasteiger partial charge in [-0.2, -0.15) is 0 Å². The summed E-state index contributed by atoms with van der Waals surface area (Å²) in [4.78, 5) is 19.8. The first kappa shape index (κ1) is 17.4. The summed E-state index contributed by atoms with van der Waals surface area (Å²) < 4.78 is 7.11. The van der Waals surface area contributed by atoms with E-state index in [1.54, 1.807) is 11.5 Å².